The zero-order chi connectivity index (χ0) is 25.2. The molecule has 10 heteroatoms. The molecule has 1 fully saturated rings. The first-order chi connectivity index (χ1) is 17.5. The maximum absolute atomic E-state index is 13.0. The molecular weight excluding hydrogens is 499 g/mol. The fraction of sp³-hybridized carbons (Fsp3) is 0.231. The lowest BCUT2D eigenvalue weighted by atomic mass is 10.1. The summed E-state index contributed by atoms with van der Waals surface area (Å²) < 4.78 is 1.86. The largest absolute Gasteiger partial charge is 0.354 e. The van der Waals surface area contributed by atoms with Gasteiger partial charge in [0.1, 0.15) is 18.1 Å². The Labute approximate surface area is 218 Å². The predicted octanol–water partition coefficient (Wildman–Crippen LogP) is 4.66. The number of halogens is 2. The van der Waals surface area contributed by atoms with Crippen molar-refractivity contribution < 1.29 is 9.59 Å². The maximum Gasteiger partial charge on any atom is 0.258 e. The van der Waals surface area contributed by atoms with Gasteiger partial charge in [0.25, 0.3) is 5.91 Å². The summed E-state index contributed by atoms with van der Waals surface area (Å²) in [6, 6.07) is 13.9. The molecule has 1 unspecified atom stereocenters. The number of imidazole rings is 1. The van der Waals surface area contributed by atoms with Crippen LogP contribution in [0.5, 0.6) is 0 Å². The van der Waals surface area contributed by atoms with Crippen molar-refractivity contribution in [1.82, 2.24) is 19.3 Å². The van der Waals surface area contributed by atoms with Crippen LogP contribution in [0.2, 0.25) is 10.0 Å². The van der Waals surface area contributed by atoms with Crippen molar-refractivity contribution in [2.75, 3.05) is 36.4 Å². The number of anilines is 2. The van der Waals surface area contributed by atoms with Crippen LogP contribution >= 0.6 is 23.2 Å². The van der Waals surface area contributed by atoms with E-state index in [1.807, 2.05) is 41.8 Å². The second kappa shape index (κ2) is 10.3. The topological polar surface area (TPSA) is 82.8 Å². The minimum atomic E-state index is -0.477. The summed E-state index contributed by atoms with van der Waals surface area (Å²) in [6.07, 6.45) is 4.60. The van der Waals surface area contributed by atoms with E-state index in [2.05, 4.69) is 20.1 Å². The molecular formula is C26H24Cl2N6O2. The number of aldehydes is 1. The van der Waals surface area contributed by atoms with Crippen molar-refractivity contribution in [2.45, 2.75) is 13.0 Å². The number of benzene rings is 1. The third kappa shape index (κ3) is 4.55. The van der Waals surface area contributed by atoms with Crippen LogP contribution in [-0.4, -0.2) is 57.6 Å². The molecule has 4 aromatic rings. The van der Waals surface area contributed by atoms with Crippen LogP contribution in [0.1, 0.15) is 27.8 Å². The number of hydrogen-bond donors (Lipinski definition) is 1. The Kier molecular flexibility index (Phi) is 6.91. The molecule has 1 amide bonds. The summed E-state index contributed by atoms with van der Waals surface area (Å²) in [4.78, 5) is 38.9. The van der Waals surface area contributed by atoms with Gasteiger partial charge in [0.15, 0.2) is 5.65 Å². The van der Waals surface area contributed by atoms with Crippen LogP contribution in [0, 0.1) is 6.92 Å². The fourth-order valence-corrected chi connectivity index (χ4v) is 5.22. The second-order valence-electron chi connectivity index (χ2n) is 8.54. The lowest BCUT2D eigenvalue weighted by molar-refractivity contribution is -0.112. The van der Waals surface area contributed by atoms with E-state index in [-0.39, 0.29) is 15.6 Å². The van der Waals surface area contributed by atoms with E-state index in [0.717, 1.165) is 36.6 Å². The Balaban J connectivity index is 1.41. The summed E-state index contributed by atoms with van der Waals surface area (Å²) in [7, 11) is 0. The zero-order valence-electron chi connectivity index (χ0n) is 19.6. The van der Waals surface area contributed by atoms with Gasteiger partial charge in [-0.3, -0.25) is 14.1 Å². The van der Waals surface area contributed by atoms with Crippen molar-refractivity contribution in [1.29, 1.82) is 0 Å². The summed E-state index contributed by atoms with van der Waals surface area (Å²) >= 11 is 12.4. The molecule has 4 heterocycles. The molecule has 0 spiro atoms. The molecule has 1 saturated heterocycles. The van der Waals surface area contributed by atoms with Gasteiger partial charge in [-0.2, -0.15) is 0 Å². The van der Waals surface area contributed by atoms with Crippen LogP contribution in [0.3, 0.4) is 0 Å². The molecule has 0 radical (unpaired) electrons. The first-order valence-corrected chi connectivity index (χ1v) is 12.3. The Morgan fingerprint density at radius 2 is 1.78 bits per heavy atom. The Bertz CT molecular complexity index is 1400. The monoisotopic (exact) mass is 522 g/mol. The van der Waals surface area contributed by atoms with Crippen LogP contribution in [-0.2, 0) is 4.79 Å². The van der Waals surface area contributed by atoms with Crippen molar-refractivity contribution in [3.63, 3.8) is 0 Å². The number of amides is 1. The third-order valence-electron chi connectivity index (χ3n) is 6.40. The van der Waals surface area contributed by atoms with Crippen LogP contribution in [0.25, 0.3) is 5.65 Å². The summed E-state index contributed by atoms with van der Waals surface area (Å²) in [5.41, 5.74) is 2.73. The number of aryl methyl sites for hydroxylation is 1. The van der Waals surface area contributed by atoms with E-state index in [0.29, 0.717) is 24.4 Å². The molecule has 3 aromatic heterocycles. The van der Waals surface area contributed by atoms with Gasteiger partial charge in [0, 0.05) is 38.6 Å². The molecule has 1 N–H and O–H groups in total. The molecule has 1 aliphatic rings. The van der Waals surface area contributed by atoms with E-state index in [1.165, 1.54) is 0 Å². The highest BCUT2D eigenvalue weighted by Gasteiger charge is 2.29. The van der Waals surface area contributed by atoms with Crippen LogP contribution in [0.15, 0.2) is 60.9 Å². The first-order valence-electron chi connectivity index (χ1n) is 11.6. The molecule has 0 aliphatic carbocycles. The smallest absolute Gasteiger partial charge is 0.258 e. The highest BCUT2D eigenvalue weighted by Crippen LogP contribution is 2.30. The lowest BCUT2D eigenvalue weighted by Gasteiger charge is -2.38. The fourth-order valence-electron chi connectivity index (χ4n) is 4.65. The molecule has 8 nitrogen and oxygen atoms in total. The minimum Gasteiger partial charge on any atom is -0.354 e. The molecule has 1 aliphatic heterocycles. The number of carbonyl (C=O) groups excluding carboxylic acids is 2. The molecule has 0 bridgehead atoms. The van der Waals surface area contributed by atoms with Crippen molar-refractivity contribution in [3.05, 3.63) is 87.9 Å². The van der Waals surface area contributed by atoms with Gasteiger partial charge in [0.2, 0.25) is 0 Å². The number of pyridine rings is 2. The normalized spacial score (nSPS) is 15.1. The second-order valence-corrected chi connectivity index (χ2v) is 9.35. The van der Waals surface area contributed by atoms with E-state index < -0.39 is 11.9 Å². The molecule has 0 saturated carbocycles. The van der Waals surface area contributed by atoms with Crippen molar-refractivity contribution in [3.8, 4) is 0 Å². The summed E-state index contributed by atoms with van der Waals surface area (Å²) in [6.45, 7) is 4.80. The zero-order valence-corrected chi connectivity index (χ0v) is 21.1. The highest BCUT2D eigenvalue weighted by atomic mass is 35.5. The number of aromatic nitrogens is 3. The van der Waals surface area contributed by atoms with Gasteiger partial charge < -0.3 is 15.0 Å². The standard InChI is InChI=1S/C26H24Cl2N6O2/c1-17-24(21(16-35)32-12-14-33(15-13-32)22-9-2-3-10-29-22)34-11-5-8-20(25(34)30-17)31-26(36)23-18(27)6-4-7-19(23)28/h2-11,16,21H,12-15H2,1H3,(H,31,36). The van der Waals surface area contributed by atoms with Gasteiger partial charge in [-0.05, 0) is 43.3 Å². The van der Waals surface area contributed by atoms with Gasteiger partial charge in [-0.15, -0.1) is 0 Å². The van der Waals surface area contributed by atoms with Gasteiger partial charge in [-0.1, -0.05) is 35.3 Å². The number of hydrogen-bond acceptors (Lipinski definition) is 6. The summed E-state index contributed by atoms with van der Waals surface area (Å²) in [5, 5.41) is 3.40. The van der Waals surface area contributed by atoms with Gasteiger partial charge in [-0.25, -0.2) is 9.97 Å². The lowest BCUT2D eigenvalue weighted by Crippen LogP contribution is -2.48. The number of fused-ring (bicyclic) bond motifs is 1. The summed E-state index contributed by atoms with van der Waals surface area (Å²) in [5.74, 6) is 0.503. The quantitative estimate of drug-likeness (QED) is 0.371. The van der Waals surface area contributed by atoms with E-state index in [1.54, 1.807) is 30.5 Å². The Morgan fingerprint density at radius 1 is 1.03 bits per heavy atom. The molecule has 184 valence electrons. The van der Waals surface area contributed by atoms with Crippen molar-refractivity contribution >= 4 is 52.5 Å². The van der Waals surface area contributed by atoms with Crippen LogP contribution < -0.4 is 10.2 Å². The molecule has 5 rings (SSSR count). The number of rotatable bonds is 6. The predicted molar refractivity (Wildman–Crippen MR) is 141 cm³/mol. The third-order valence-corrected chi connectivity index (χ3v) is 7.03. The number of piperazine rings is 1. The average molecular weight is 523 g/mol. The highest BCUT2D eigenvalue weighted by molar-refractivity contribution is 6.40. The number of nitrogens with zero attached hydrogens (tertiary/aromatic N) is 5. The average Bonchev–Trinajstić information content (AvgIpc) is 3.22. The van der Waals surface area contributed by atoms with Crippen molar-refractivity contribution in [2.24, 2.45) is 0 Å². The Morgan fingerprint density at radius 3 is 2.44 bits per heavy atom. The maximum atomic E-state index is 13.0. The van der Waals surface area contributed by atoms with E-state index >= 15 is 0 Å². The molecule has 36 heavy (non-hydrogen) atoms. The van der Waals surface area contributed by atoms with Gasteiger partial charge >= 0.3 is 0 Å². The SMILES string of the molecule is Cc1nc2c(NC(=O)c3c(Cl)cccc3Cl)cccn2c1C(C=O)N1CCN(c2ccccn2)CC1. The van der Waals surface area contributed by atoms with Crippen LogP contribution in [0.4, 0.5) is 11.5 Å². The Hall–Kier alpha value is -3.46. The molecule has 1 atom stereocenters. The van der Waals surface area contributed by atoms with E-state index in [9.17, 15) is 9.59 Å². The first kappa shape index (κ1) is 24.2. The number of carbonyl (C=O) groups is 2. The number of nitrogens with one attached hydrogen (secondary N) is 1. The van der Waals surface area contributed by atoms with Gasteiger partial charge in [0.05, 0.1) is 32.7 Å². The minimum absolute atomic E-state index is 0.197. The molecule has 1 aromatic carbocycles. The van der Waals surface area contributed by atoms with E-state index in [4.69, 9.17) is 28.2 Å².